The van der Waals surface area contributed by atoms with Crippen molar-refractivity contribution in [2.45, 2.75) is 20.8 Å². The number of anilines is 3. The summed E-state index contributed by atoms with van der Waals surface area (Å²) in [6.07, 6.45) is 0. The van der Waals surface area contributed by atoms with Crippen LogP contribution < -0.4 is 9.64 Å². The van der Waals surface area contributed by atoms with Gasteiger partial charge in [-0.1, -0.05) is 0 Å². The smallest absolute Gasteiger partial charge is 0.130 e. The Hall–Kier alpha value is -4.12. The molecule has 0 fully saturated rings. The molecule has 0 saturated carbocycles. The fourth-order valence-electron chi connectivity index (χ4n) is 3.54. The number of aryl methyl sites for hydroxylation is 3. The second-order valence-corrected chi connectivity index (χ2v) is 7.82. The minimum Gasteiger partial charge on any atom is -0.508 e. The van der Waals surface area contributed by atoms with Gasteiger partial charge in [0.1, 0.15) is 28.7 Å². The number of nitrogens with zero attached hydrogens (tertiary/aromatic N) is 1. The van der Waals surface area contributed by atoms with Gasteiger partial charge in [-0.05, 0) is 116 Å². The molecule has 4 aromatic rings. The molecule has 4 rings (SSSR count). The monoisotopic (exact) mass is 427 g/mol. The van der Waals surface area contributed by atoms with Crippen molar-refractivity contribution < 1.29 is 20.1 Å². The van der Waals surface area contributed by atoms with Gasteiger partial charge in [-0.15, -0.1) is 0 Å². The Morgan fingerprint density at radius 3 is 1.59 bits per heavy atom. The molecule has 0 unspecified atom stereocenters. The molecule has 0 heterocycles. The van der Waals surface area contributed by atoms with E-state index in [0.29, 0.717) is 11.5 Å². The molecular formula is C27H25NO4. The Morgan fingerprint density at radius 1 is 0.562 bits per heavy atom. The van der Waals surface area contributed by atoms with E-state index in [9.17, 15) is 15.3 Å². The molecule has 3 N–H and O–H groups in total. The fourth-order valence-corrected chi connectivity index (χ4v) is 3.54. The van der Waals surface area contributed by atoms with Gasteiger partial charge in [-0.2, -0.15) is 0 Å². The molecule has 4 aromatic carbocycles. The summed E-state index contributed by atoms with van der Waals surface area (Å²) in [5.74, 6) is 2.03. The van der Waals surface area contributed by atoms with E-state index in [1.165, 1.54) is 0 Å². The lowest BCUT2D eigenvalue weighted by atomic mass is 10.1. The normalized spacial score (nSPS) is 10.7. The Kier molecular flexibility index (Phi) is 5.65. The summed E-state index contributed by atoms with van der Waals surface area (Å²) in [6, 6.07) is 23.6. The van der Waals surface area contributed by atoms with Crippen LogP contribution in [0.25, 0.3) is 0 Å². The Labute approximate surface area is 187 Å². The van der Waals surface area contributed by atoms with Crippen molar-refractivity contribution in [2.75, 3.05) is 4.90 Å². The van der Waals surface area contributed by atoms with Gasteiger partial charge in [0.15, 0.2) is 0 Å². The SMILES string of the molecule is Cc1cc(N(c2ccc(Oc3ccc(O)cc3C)cc2)c2ccc(O)c(C)c2)ccc1O. The van der Waals surface area contributed by atoms with Gasteiger partial charge in [-0.3, -0.25) is 0 Å². The van der Waals surface area contributed by atoms with Gasteiger partial charge in [0.05, 0.1) is 0 Å². The zero-order valence-electron chi connectivity index (χ0n) is 18.2. The van der Waals surface area contributed by atoms with Crippen molar-refractivity contribution >= 4 is 17.1 Å². The van der Waals surface area contributed by atoms with Gasteiger partial charge in [-0.25, -0.2) is 0 Å². The number of benzene rings is 4. The number of hydrogen-bond donors (Lipinski definition) is 3. The Balaban J connectivity index is 1.72. The molecule has 0 amide bonds. The van der Waals surface area contributed by atoms with E-state index in [0.717, 1.165) is 33.8 Å². The third-order valence-electron chi connectivity index (χ3n) is 5.36. The minimum atomic E-state index is 0.203. The predicted molar refractivity (Wildman–Crippen MR) is 127 cm³/mol. The van der Waals surface area contributed by atoms with Crippen LogP contribution in [-0.4, -0.2) is 15.3 Å². The molecule has 5 heteroatoms. The summed E-state index contributed by atoms with van der Waals surface area (Å²) in [5.41, 5.74) is 5.04. The lowest BCUT2D eigenvalue weighted by molar-refractivity contribution is 0.461. The molecule has 32 heavy (non-hydrogen) atoms. The number of rotatable bonds is 5. The first kappa shape index (κ1) is 21.1. The topological polar surface area (TPSA) is 73.2 Å². The highest BCUT2D eigenvalue weighted by atomic mass is 16.5. The maximum Gasteiger partial charge on any atom is 0.130 e. The van der Waals surface area contributed by atoms with Crippen molar-refractivity contribution in [1.29, 1.82) is 0 Å². The van der Waals surface area contributed by atoms with E-state index >= 15 is 0 Å². The van der Waals surface area contributed by atoms with Gasteiger partial charge in [0.2, 0.25) is 0 Å². The second-order valence-electron chi connectivity index (χ2n) is 7.82. The Bertz CT molecular complexity index is 1210. The molecular weight excluding hydrogens is 402 g/mol. The van der Waals surface area contributed by atoms with Gasteiger partial charge >= 0.3 is 0 Å². The number of aromatic hydroxyl groups is 3. The van der Waals surface area contributed by atoms with Crippen molar-refractivity contribution in [3.63, 3.8) is 0 Å². The summed E-state index contributed by atoms with van der Waals surface area (Å²) in [6.45, 7) is 5.59. The number of ether oxygens (including phenoxy) is 1. The number of phenolic OH excluding ortho intramolecular Hbond substituents is 3. The standard InChI is InChI=1S/C27H25NO4/c1-17-14-21(6-11-25(17)30)28(22-7-12-26(31)18(2)15-22)20-4-9-24(10-5-20)32-27-13-8-23(29)16-19(27)3/h4-16,29-31H,1-3H3. The average Bonchev–Trinajstić information content (AvgIpc) is 2.76. The molecule has 0 bridgehead atoms. The minimum absolute atomic E-state index is 0.203. The van der Waals surface area contributed by atoms with Gasteiger partial charge in [0, 0.05) is 17.1 Å². The summed E-state index contributed by atoms with van der Waals surface area (Å²) in [7, 11) is 0. The van der Waals surface area contributed by atoms with Crippen LogP contribution in [-0.2, 0) is 0 Å². The lowest BCUT2D eigenvalue weighted by Crippen LogP contribution is -2.10. The van der Waals surface area contributed by atoms with Crippen molar-refractivity contribution in [1.82, 2.24) is 0 Å². The molecule has 0 atom stereocenters. The second kappa shape index (κ2) is 8.55. The van der Waals surface area contributed by atoms with Crippen LogP contribution in [0.15, 0.2) is 78.9 Å². The van der Waals surface area contributed by atoms with Crippen LogP contribution in [0, 0.1) is 20.8 Å². The summed E-state index contributed by atoms with van der Waals surface area (Å²) in [4.78, 5) is 2.05. The van der Waals surface area contributed by atoms with E-state index in [1.807, 2.05) is 69.3 Å². The number of hydrogen-bond acceptors (Lipinski definition) is 5. The third kappa shape index (κ3) is 4.32. The van der Waals surface area contributed by atoms with Crippen LogP contribution >= 0.6 is 0 Å². The van der Waals surface area contributed by atoms with Crippen LogP contribution in [0.2, 0.25) is 0 Å². The van der Waals surface area contributed by atoms with Crippen molar-refractivity contribution in [3.05, 3.63) is 95.6 Å². The highest BCUT2D eigenvalue weighted by Gasteiger charge is 2.15. The summed E-state index contributed by atoms with van der Waals surface area (Å²) >= 11 is 0. The maximum absolute atomic E-state index is 9.98. The lowest BCUT2D eigenvalue weighted by Gasteiger charge is -2.26. The van der Waals surface area contributed by atoms with Crippen LogP contribution in [0.4, 0.5) is 17.1 Å². The average molecular weight is 428 g/mol. The van der Waals surface area contributed by atoms with Crippen molar-refractivity contribution in [3.8, 4) is 28.7 Å². The van der Waals surface area contributed by atoms with Crippen LogP contribution in [0.3, 0.4) is 0 Å². The van der Waals surface area contributed by atoms with E-state index in [2.05, 4.69) is 4.90 Å². The molecule has 0 aliphatic rings. The van der Waals surface area contributed by atoms with E-state index in [1.54, 1.807) is 30.3 Å². The van der Waals surface area contributed by atoms with Crippen LogP contribution in [0.5, 0.6) is 28.7 Å². The molecule has 0 radical (unpaired) electrons. The zero-order valence-corrected chi connectivity index (χ0v) is 18.2. The van der Waals surface area contributed by atoms with Gasteiger partial charge in [0.25, 0.3) is 0 Å². The first-order valence-corrected chi connectivity index (χ1v) is 10.3. The first-order valence-electron chi connectivity index (χ1n) is 10.3. The predicted octanol–water partition coefficient (Wildman–Crippen LogP) is 6.99. The summed E-state index contributed by atoms with van der Waals surface area (Å²) < 4.78 is 5.98. The first-order chi connectivity index (χ1) is 15.3. The number of phenols is 3. The van der Waals surface area contributed by atoms with Crippen LogP contribution in [0.1, 0.15) is 16.7 Å². The Morgan fingerprint density at radius 2 is 1.09 bits per heavy atom. The molecule has 162 valence electrons. The van der Waals surface area contributed by atoms with E-state index < -0.39 is 0 Å². The molecule has 0 aliphatic heterocycles. The zero-order chi connectivity index (χ0) is 22.8. The molecule has 5 nitrogen and oxygen atoms in total. The van der Waals surface area contributed by atoms with E-state index in [-0.39, 0.29) is 17.2 Å². The van der Waals surface area contributed by atoms with Gasteiger partial charge < -0.3 is 25.0 Å². The van der Waals surface area contributed by atoms with E-state index in [4.69, 9.17) is 4.74 Å². The maximum atomic E-state index is 9.98. The third-order valence-corrected chi connectivity index (χ3v) is 5.36. The molecule has 0 aromatic heterocycles. The largest absolute Gasteiger partial charge is 0.508 e. The fraction of sp³-hybridized carbons (Fsp3) is 0.111. The summed E-state index contributed by atoms with van der Waals surface area (Å²) in [5, 5.41) is 29.6. The van der Waals surface area contributed by atoms with Crippen molar-refractivity contribution in [2.24, 2.45) is 0 Å². The highest BCUT2D eigenvalue weighted by molar-refractivity contribution is 5.78. The highest BCUT2D eigenvalue weighted by Crippen LogP contribution is 2.39. The quantitative estimate of drug-likeness (QED) is 0.320. The molecule has 0 saturated heterocycles. The molecule has 0 spiro atoms. The molecule has 0 aliphatic carbocycles.